The van der Waals surface area contributed by atoms with Crippen molar-refractivity contribution in [2.24, 2.45) is 5.73 Å². The molecule has 1 aliphatic heterocycles. The molecule has 1 heterocycles. The Kier molecular flexibility index (Phi) is 6.83. The number of carbonyl (C=O) groups is 1. The first-order valence-corrected chi connectivity index (χ1v) is 7.86. The minimum atomic E-state index is -0.709. The summed E-state index contributed by atoms with van der Waals surface area (Å²) in [5.74, 6) is -0.424. The lowest BCUT2D eigenvalue weighted by molar-refractivity contribution is -0.157. The highest BCUT2D eigenvalue weighted by atomic mass is 16.6. The number of hydrogen-bond acceptors (Lipinski definition) is 5. The Labute approximate surface area is 131 Å². The molecule has 0 aliphatic carbocycles. The maximum absolute atomic E-state index is 11.7. The van der Waals surface area contributed by atoms with Gasteiger partial charge in [0.2, 0.25) is 0 Å². The summed E-state index contributed by atoms with van der Waals surface area (Å²) in [6.07, 6.45) is 2.15. The van der Waals surface area contributed by atoms with Crippen LogP contribution < -0.4 is 5.73 Å². The Balaban J connectivity index is 1.76. The molecule has 1 aliphatic rings. The fourth-order valence-electron chi connectivity index (χ4n) is 2.43. The van der Waals surface area contributed by atoms with Crippen LogP contribution in [0, 0.1) is 0 Å². The van der Waals surface area contributed by atoms with E-state index in [0.29, 0.717) is 19.6 Å². The van der Waals surface area contributed by atoms with Crippen molar-refractivity contribution < 1.29 is 19.0 Å². The van der Waals surface area contributed by atoms with E-state index in [1.54, 1.807) is 0 Å². The van der Waals surface area contributed by atoms with Crippen molar-refractivity contribution in [3.63, 3.8) is 0 Å². The molecule has 0 amide bonds. The highest BCUT2D eigenvalue weighted by Gasteiger charge is 2.26. The smallest absolute Gasteiger partial charge is 0.325 e. The molecule has 0 bridgehead atoms. The number of hydrogen-bond donors (Lipinski definition) is 1. The van der Waals surface area contributed by atoms with E-state index in [4.69, 9.17) is 19.9 Å². The zero-order valence-corrected chi connectivity index (χ0v) is 13.1. The van der Waals surface area contributed by atoms with Gasteiger partial charge in [-0.25, -0.2) is 0 Å². The van der Waals surface area contributed by atoms with Gasteiger partial charge < -0.3 is 19.9 Å². The van der Waals surface area contributed by atoms with Gasteiger partial charge >= 0.3 is 5.97 Å². The molecule has 5 nitrogen and oxygen atoms in total. The fraction of sp³-hybridized carbons (Fsp3) is 0.588. The molecule has 5 heteroatoms. The molecular formula is C17H25NO4. The first-order valence-electron chi connectivity index (χ1n) is 7.86. The van der Waals surface area contributed by atoms with E-state index in [0.717, 1.165) is 12.8 Å². The Hall–Kier alpha value is -1.43. The summed E-state index contributed by atoms with van der Waals surface area (Å²) >= 11 is 0. The Bertz CT molecular complexity index is 451. The van der Waals surface area contributed by atoms with Crippen molar-refractivity contribution in [1.29, 1.82) is 0 Å². The molecule has 0 aromatic heterocycles. The Morgan fingerprint density at radius 1 is 1.32 bits per heavy atom. The van der Waals surface area contributed by atoms with Crippen LogP contribution in [0.15, 0.2) is 30.3 Å². The van der Waals surface area contributed by atoms with Gasteiger partial charge in [0.25, 0.3) is 0 Å². The fourth-order valence-corrected chi connectivity index (χ4v) is 2.43. The number of rotatable bonds is 5. The third-order valence-electron chi connectivity index (χ3n) is 3.76. The summed E-state index contributed by atoms with van der Waals surface area (Å²) in [7, 11) is 0. The lowest BCUT2D eigenvalue weighted by atomic mass is 10.1. The van der Waals surface area contributed by atoms with Gasteiger partial charge in [0.1, 0.15) is 12.1 Å². The van der Waals surface area contributed by atoms with Crippen molar-refractivity contribution in [2.75, 3.05) is 19.8 Å². The second-order valence-corrected chi connectivity index (χ2v) is 5.61. The zero-order chi connectivity index (χ0) is 15.8. The number of benzene rings is 1. The number of esters is 1. The van der Waals surface area contributed by atoms with Crippen LogP contribution in [0.5, 0.6) is 0 Å². The van der Waals surface area contributed by atoms with Gasteiger partial charge in [0, 0.05) is 19.6 Å². The molecule has 122 valence electrons. The summed E-state index contributed by atoms with van der Waals surface area (Å²) in [5.41, 5.74) is 6.97. The van der Waals surface area contributed by atoms with E-state index in [1.807, 2.05) is 25.1 Å². The van der Waals surface area contributed by atoms with Gasteiger partial charge in [-0.2, -0.15) is 0 Å². The molecule has 0 spiro atoms. The van der Waals surface area contributed by atoms with E-state index >= 15 is 0 Å². The maximum Gasteiger partial charge on any atom is 0.325 e. The SMILES string of the molecule is C[C@@H]1OC(=O)[C@@H](N)COCC[C@H]1OCCCc1ccccc1. The lowest BCUT2D eigenvalue weighted by Crippen LogP contribution is -2.39. The summed E-state index contributed by atoms with van der Waals surface area (Å²) in [6.45, 7) is 3.20. The number of cyclic esters (lactones) is 1. The molecule has 1 aromatic carbocycles. The van der Waals surface area contributed by atoms with Crippen LogP contribution in [0.1, 0.15) is 25.3 Å². The predicted octanol–water partition coefficient (Wildman–Crippen LogP) is 1.68. The largest absolute Gasteiger partial charge is 0.459 e. The standard InChI is InChI=1S/C17H25NO4/c1-13-16(9-11-20-12-15(18)17(19)22-13)21-10-5-8-14-6-3-2-4-7-14/h2-4,6-7,13,15-16H,5,8-12,18H2,1H3/t13-,15-,16+/m0/s1. The van der Waals surface area contributed by atoms with Gasteiger partial charge in [-0.15, -0.1) is 0 Å². The predicted molar refractivity (Wildman–Crippen MR) is 83.5 cm³/mol. The summed E-state index contributed by atoms with van der Waals surface area (Å²) < 4.78 is 16.6. The van der Waals surface area contributed by atoms with Crippen LogP contribution in [-0.2, 0) is 25.4 Å². The highest BCUT2D eigenvalue weighted by molar-refractivity contribution is 5.75. The molecule has 0 saturated carbocycles. The normalized spacial score (nSPS) is 26.6. The minimum Gasteiger partial charge on any atom is -0.459 e. The van der Waals surface area contributed by atoms with E-state index in [9.17, 15) is 4.79 Å². The van der Waals surface area contributed by atoms with E-state index < -0.39 is 12.0 Å². The molecule has 0 unspecified atom stereocenters. The molecule has 1 saturated heterocycles. The molecule has 1 fully saturated rings. The zero-order valence-electron chi connectivity index (χ0n) is 13.1. The van der Waals surface area contributed by atoms with E-state index in [2.05, 4.69) is 12.1 Å². The van der Waals surface area contributed by atoms with Crippen molar-refractivity contribution in [3.05, 3.63) is 35.9 Å². The first kappa shape index (κ1) is 16.9. The van der Waals surface area contributed by atoms with Gasteiger partial charge in [-0.3, -0.25) is 4.79 Å². The van der Waals surface area contributed by atoms with Crippen LogP contribution in [0.4, 0.5) is 0 Å². The number of ether oxygens (including phenoxy) is 3. The van der Waals surface area contributed by atoms with Crippen molar-refractivity contribution in [1.82, 2.24) is 0 Å². The van der Waals surface area contributed by atoms with Crippen molar-refractivity contribution >= 4 is 5.97 Å². The molecule has 2 N–H and O–H groups in total. The summed E-state index contributed by atoms with van der Waals surface area (Å²) in [4.78, 5) is 11.7. The molecule has 0 radical (unpaired) electrons. The quantitative estimate of drug-likeness (QED) is 0.662. The van der Waals surface area contributed by atoms with E-state index in [-0.39, 0.29) is 18.8 Å². The molecule has 3 atom stereocenters. The number of carbonyl (C=O) groups excluding carboxylic acids is 1. The van der Waals surface area contributed by atoms with Crippen LogP contribution >= 0.6 is 0 Å². The molecule has 1 aromatic rings. The van der Waals surface area contributed by atoms with Crippen LogP contribution in [-0.4, -0.2) is 44.0 Å². The first-order chi connectivity index (χ1) is 10.7. The Morgan fingerprint density at radius 2 is 2.09 bits per heavy atom. The summed E-state index contributed by atoms with van der Waals surface area (Å²) in [5, 5.41) is 0. The number of aryl methyl sites for hydroxylation is 1. The third kappa shape index (κ3) is 5.40. The minimum absolute atomic E-state index is 0.148. The van der Waals surface area contributed by atoms with Crippen LogP contribution in [0.3, 0.4) is 0 Å². The van der Waals surface area contributed by atoms with Gasteiger partial charge in [0.05, 0.1) is 12.7 Å². The van der Waals surface area contributed by atoms with Crippen LogP contribution in [0.2, 0.25) is 0 Å². The van der Waals surface area contributed by atoms with Gasteiger partial charge in [0.15, 0.2) is 0 Å². The second kappa shape index (κ2) is 8.88. The molecule has 22 heavy (non-hydrogen) atoms. The summed E-state index contributed by atoms with van der Waals surface area (Å²) in [6, 6.07) is 9.60. The van der Waals surface area contributed by atoms with Gasteiger partial charge in [-0.1, -0.05) is 30.3 Å². The number of nitrogens with two attached hydrogens (primary N) is 1. The van der Waals surface area contributed by atoms with Gasteiger partial charge in [-0.05, 0) is 25.3 Å². The second-order valence-electron chi connectivity index (χ2n) is 5.61. The van der Waals surface area contributed by atoms with E-state index in [1.165, 1.54) is 5.56 Å². The highest BCUT2D eigenvalue weighted by Crippen LogP contribution is 2.13. The monoisotopic (exact) mass is 307 g/mol. The lowest BCUT2D eigenvalue weighted by Gasteiger charge is -2.23. The Morgan fingerprint density at radius 3 is 2.86 bits per heavy atom. The average Bonchev–Trinajstić information content (AvgIpc) is 2.58. The van der Waals surface area contributed by atoms with Crippen molar-refractivity contribution in [3.8, 4) is 0 Å². The maximum atomic E-state index is 11.7. The molecule has 2 rings (SSSR count). The third-order valence-corrected chi connectivity index (χ3v) is 3.76. The average molecular weight is 307 g/mol. The molecular weight excluding hydrogens is 282 g/mol. The van der Waals surface area contributed by atoms with Crippen molar-refractivity contribution in [2.45, 2.75) is 44.4 Å². The topological polar surface area (TPSA) is 70.8 Å². The van der Waals surface area contributed by atoms with Crippen LogP contribution in [0.25, 0.3) is 0 Å².